The van der Waals surface area contributed by atoms with Gasteiger partial charge >= 0.3 is 0 Å². The van der Waals surface area contributed by atoms with Crippen molar-refractivity contribution in [2.45, 2.75) is 45.1 Å². The van der Waals surface area contributed by atoms with E-state index in [4.69, 9.17) is 4.74 Å². The highest BCUT2D eigenvalue weighted by Gasteiger charge is 2.46. The van der Waals surface area contributed by atoms with Crippen molar-refractivity contribution in [2.24, 2.45) is 0 Å². The zero-order valence-electron chi connectivity index (χ0n) is 20.5. The third-order valence-electron chi connectivity index (χ3n) is 6.53. The number of amides is 2. The molecule has 3 aromatic rings. The van der Waals surface area contributed by atoms with Crippen molar-refractivity contribution >= 4 is 11.8 Å². The number of ether oxygens (including phenoxy) is 1. The molecular weight excluding hydrogens is 438 g/mol. The minimum Gasteiger partial charge on any atom is -0.476 e. The van der Waals surface area contributed by atoms with Gasteiger partial charge in [0.2, 0.25) is 5.60 Å². The van der Waals surface area contributed by atoms with Crippen LogP contribution in [-0.4, -0.2) is 46.9 Å². The lowest BCUT2D eigenvalue weighted by Gasteiger charge is -2.41. The summed E-state index contributed by atoms with van der Waals surface area (Å²) in [4.78, 5) is 32.8. The number of aromatic nitrogens is 1. The molecule has 1 atom stereocenters. The predicted octanol–water partition coefficient (Wildman–Crippen LogP) is 4.50. The van der Waals surface area contributed by atoms with E-state index in [1.54, 1.807) is 17.3 Å². The Balaban J connectivity index is 1.50. The Morgan fingerprint density at radius 3 is 2.57 bits per heavy atom. The second-order valence-corrected chi connectivity index (χ2v) is 9.28. The third kappa shape index (κ3) is 6.07. The van der Waals surface area contributed by atoms with Crippen molar-refractivity contribution < 1.29 is 14.3 Å². The molecule has 1 unspecified atom stereocenters. The molecule has 0 aliphatic carbocycles. The van der Waals surface area contributed by atoms with E-state index >= 15 is 0 Å². The summed E-state index contributed by atoms with van der Waals surface area (Å²) in [6.07, 6.45) is 6.20. The molecule has 0 bridgehead atoms. The highest BCUT2D eigenvalue weighted by molar-refractivity contribution is 5.96. The molecule has 2 amide bonds. The maximum atomic E-state index is 13.6. The van der Waals surface area contributed by atoms with Gasteiger partial charge in [-0.15, -0.1) is 0 Å². The zero-order valence-corrected chi connectivity index (χ0v) is 20.5. The maximum Gasteiger partial charge on any atom is 0.266 e. The first kappa shape index (κ1) is 24.5. The SMILES string of the molecule is Cc1ccc(OC2(C(=O)NCCCc3ccccc3)CCCN(C(=O)c3cnccc3C)C2)cc1. The average molecular weight is 472 g/mol. The summed E-state index contributed by atoms with van der Waals surface area (Å²) in [7, 11) is 0. The quantitative estimate of drug-likeness (QED) is 0.491. The van der Waals surface area contributed by atoms with E-state index in [9.17, 15) is 9.59 Å². The molecule has 1 aliphatic rings. The summed E-state index contributed by atoms with van der Waals surface area (Å²) in [6, 6.07) is 19.7. The summed E-state index contributed by atoms with van der Waals surface area (Å²) >= 11 is 0. The van der Waals surface area contributed by atoms with Crippen molar-refractivity contribution in [2.75, 3.05) is 19.6 Å². The van der Waals surface area contributed by atoms with E-state index in [2.05, 4.69) is 22.4 Å². The Morgan fingerprint density at radius 2 is 1.83 bits per heavy atom. The number of piperidine rings is 1. The fraction of sp³-hybridized carbons (Fsp3) is 0.345. The minimum atomic E-state index is -1.15. The summed E-state index contributed by atoms with van der Waals surface area (Å²) in [5.74, 6) is 0.331. The van der Waals surface area contributed by atoms with E-state index in [-0.39, 0.29) is 18.4 Å². The van der Waals surface area contributed by atoms with Gasteiger partial charge in [0.05, 0.1) is 12.1 Å². The molecule has 1 fully saturated rings. The molecule has 1 N–H and O–H groups in total. The zero-order chi connectivity index (χ0) is 24.7. The topological polar surface area (TPSA) is 71.5 Å². The highest BCUT2D eigenvalue weighted by Crippen LogP contribution is 2.30. The fourth-order valence-corrected chi connectivity index (χ4v) is 4.50. The number of benzene rings is 2. The van der Waals surface area contributed by atoms with Crippen LogP contribution in [0.2, 0.25) is 0 Å². The van der Waals surface area contributed by atoms with E-state index in [0.29, 0.717) is 37.2 Å². The van der Waals surface area contributed by atoms with Gasteiger partial charge in [-0.1, -0.05) is 48.0 Å². The van der Waals surface area contributed by atoms with E-state index in [1.165, 1.54) is 5.56 Å². The predicted molar refractivity (Wildman–Crippen MR) is 136 cm³/mol. The van der Waals surface area contributed by atoms with Gasteiger partial charge in [-0.2, -0.15) is 0 Å². The number of nitrogens with one attached hydrogen (secondary N) is 1. The van der Waals surface area contributed by atoms with Gasteiger partial charge in [0.1, 0.15) is 5.75 Å². The van der Waals surface area contributed by atoms with Gasteiger partial charge in [-0.25, -0.2) is 0 Å². The largest absolute Gasteiger partial charge is 0.476 e. The number of pyridine rings is 1. The Bertz CT molecular complexity index is 1150. The lowest BCUT2D eigenvalue weighted by molar-refractivity contribution is -0.141. The number of aryl methyl sites for hydroxylation is 3. The number of hydrogen-bond donors (Lipinski definition) is 1. The number of likely N-dealkylation sites (tertiary alicyclic amines) is 1. The Hall–Kier alpha value is -3.67. The van der Waals surface area contributed by atoms with Crippen LogP contribution in [0.4, 0.5) is 0 Å². The van der Waals surface area contributed by atoms with Crippen molar-refractivity contribution in [3.05, 3.63) is 95.3 Å². The van der Waals surface area contributed by atoms with Crippen LogP contribution in [-0.2, 0) is 11.2 Å². The molecule has 182 valence electrons. The first-order valence-corrected chi connectivity index (χ1v) is 12.2. The number of rotatable bonds is 8. The van der Waals surface area contributed by atoms with Crippen molar-refractivity contribution in [1.82, 2.24) is 15.2 Å². The lowest BCUT2D eigenvalue weighted by Crippen LogP contribution is -2.61. The molecular formula is C29H33N3O3. The summed E-state index contributed by atoms with van der Waals surface area (Å²) < 4.78 is 6.40. The molecule has 6 heteroatoms. The molecule has 6 nitrogen and oxygen atoms in total. The van der Waals surface area contributed by atoms with Crippen molar-refractivity contribution in [1.29, 1.82) is 0 Å². The van der Waals surface area contributed by atoms with Crippen LogP contribution in [0.5, 0.6) is 5.75 Å². The molecule has 1 saturated heterocycles. The van der Waals surface area contributed by atoms with Gasteiger partial charge < -0.3 is 15.0 Å². The standard InChI is InChI=1S/C29H33N3O3/c1-22-11-13-25(14-12-22)35-29(28(34)31-17-6-10-24-8-4-3-5-9-24)16-7-19-32(21-29)27(33)26-20-30-18-15-23(26)2/h3-5,8-9,11-15,18,20H,6-7,10,16-17,19,21H2,1-2H3,(H,31,34). The van der Waals surface area contributed by atoms with Gasteiger partial charge in [-0.05, 0) is 68.9 Å². The Kier molecular flexibility index (Phi) is 7.80. The number of nitrogens with zero attached hydrogens (tertiary/aromatic N) is 2. The smallest absolute Gasteiger partial charge is 0.266 e. The summed E-state index contributed by atoms with van der Waals surface area (Å²) in [5, 5.41) is 3.09. The van der Waals surface area contributed by atoms with Crippen LogP contribution in [0, 0.1) is 13.8 Å². The van der Waals surface area contributed by atoms with Crippen LogP contribution in [0.3, 0.4) is 0 Å². The lowest BCUT2D eigenvalue weighted by atomic mass is 9.90. The summed E-state index contributed by atoms with van der Waals surface area (Å²) in [5.41, 5.74) is 2.64. The molecule has 1 aromatic heterocycles. The normalized spacial score (nSPS) is 17.6. The first-order valence-electron chi connectivity index (χ1n) is 12.2. The van der Waals surface area contributed by atoms with Crippen LogP contribution in [0.25, 0.3) is 0 Å². The van der Waals surface area contributed by atoms with Gasteiger partial charge in [0, 0.05) is 25.5 Å². The van der Waals surface area contributed by atoms with Crippen molar-refractivity contribution in [3.8, 4) is 5.75 Å². The van der Waals surface area contributed by atoms with Crippen LogP contribution < -0.4 is 10.1 Å². The van der Waals surface area contributed by atoms with Crippen LogP contribution >= 0.6 is 0 Å². The molecule has 1 aliphatic heterocycles. The molecule has 0 saturated carbocycles. The second-order valence-electron chi connectivity index (χ2n) is 9.28. The van der Waals surface area contributed by atoms with Crippen LogP contribution in [0.1, 0.15) is 46.3 Å². The number of hydrogen-bond acceptors (Lipinski definition) is 4. The Morgan fingerprint density at radius 1 is 1.06 bits per heavy atom. The maximum absolute atomic E-state index is 13.6. The molecule has 4 rings (SSSR count). The molecule has 2 heterocycles. The van der Waals surface area contributed by atoms with Crippen LogP contribution in [0.15, 0.2) is 73.1 Å². The average Bonchev–Trinajstić information content (AvgIpc) is 2.88. The number of carbonyl (C=O) groups is 2. The third-order valence-corrected chi connectivity index (χ3v) is 6.53. The summed E-state index contributed by atoms with van der Waals surface area (Å²) in [6.45, 7) is 5.22. The van der Waals surface area contributed by atoms with E-state index in [0.717, 1.165) is 24.0 Å². The van der Waals surface area contributed by atoms with Gasteiger partial charge in [0.15, 0.2) is 0 Å². The van der Waals surface area contributed by atoms with E-state index in [1.807, 2.05) is 62.4 Å². The Labute approximate surface area is 207 Å². The monoisotopic (exact) mass is 471 g/mol. The second kappa shape index (κ2) is 11.2. The molecule has 2 aromatic carbocycles. The minimum absolute atomic E-state index is 0.121. The van der Waals surface area contributed by atoms with Gasteiger partial charge in [0.25, 0.3) is 11.8 Å². The van der Waals surface area contributed by atoms with E-state index < -0.39 is 5.60 Å². The number of carbonyl (C=O) groups excluding carboxylic acids is 2. The first-order chi connectivity index (χ1) is 17.0. The molecule has 35 heavy (non-hydrogen) atoms. The fourth-order valence-electron chi connectivity index (χ4n) is 4.50. The van der Waals surface area contributed by atoms with Gasteiger partial charge in [-0.3, -0.25) is 14.6 Å². The molecule has 0 radical (unpaired) electrons. The van der Waals surface area contributed by atoms with Crippen molar-refractivity contribution in [3.63, 3.8) is 0 Å². The highest BCUT2D eigenvalue weighted by atomic mass is 16.5. The molecule has 0 spiro atoms.